The standard InChI is InChI=1S/2C10H15.CHF3O3S.CH4O.2CH3Te.ClH.2Ru/c2*1-6-7(2)9(4)10(5)8(6)3;2-1(3,4)8(5,6)7;3*1-2;;;/h2*1-5H3;(H,5,6,7);2H,1H3;2*1H3;1H;;/q;;;;;;;2*+1/p-1. The first-order valence-corrected chi connectivity index (χ1v) is 18.5. The number of halogens is 4. The average molecular weight is 975 g/mol. The summed E-state index contributed by atoms with van der Waals surface area (Å²) in [5.41, 5.74) is -5.65. The van der Waals surface area contributed by atoms with Gasteiger partial charge in [-0.15, -0.1) is 0 Å². The molecule has 2 N–H and O–H groups in total. The number of hydrogen-bond donors (Lipinski definition) is 0. The molecule has 0 aromatic heterocycles. The predicted molar refractivity (Wildman–Crippen MR) is 144 cm³/mol. The van der Waals surface area contributed by atoms with Crippen LogP contribution in [0.4, 0.5) is 13.2 Å². The van der Waals surface area contributed by atoms with Gasteiger partial charge >= 0.3 is 107 Å². The molecular formula is C24H41ClF3O4Ru2STe2+. The number of alkyl halides is 3. The minimum Gasteiger partial charge on any atom is 1.00 e. The molecule has 0 spiro atoms. The predicted octanol–water partition coefficient (Wildman–Crippen LogP) is 6.43. The summed E-state index contributed by atoms with van der Waals surface area (Å²) in [5.74, 6) is 14.7. The summed E-state index contributed by atoms with van der Waals surface area (Å²) in [6, 6.07) is 0. The van der Waals surface area contributed by atoms with Crippen molar-refractivity contribution in [2.75, 3.05) is 7.11 Å². The van der Waals surface area contributed by atoms with Gasteiger partial charge in [-0.3, -0.25) is 0 Å². The first-order valence-electron chi connectivity index (χ1n) is 10.2. The molecule has 0 saturated heterocycles. The zero-order chi connectivity index (χ0) is 30.8. The Morgan fingerprint density at radius 2 is 0.649 bits per heavy atom. The molecule has 4 nitrogen and oxygen atoms in total. The van der Waals surface area contributed by atoms with Gasteiger partial charge in [0.15, 0.2) is 10.1 Å². The van der Waals surface area contributed by atoms with Gasteiger partial charge in [0.2, 0.25) is 0 Å². The van der Waals surface area contributed by atoms with E-state index in [9.17, 15) is 13.2 Å². The summed E-state index contributed by atoms with van der Waals surface area (Å²) in [7, 11) is -0.271. The van der Waals surface area contributed by atoms with Crippen molar-refractivity contribution in [3.05, 3.63) is 59.2 Å². The molecule has 0 aliphatic heterocycles. The maximum atomic E-state index is 10.7. The molecule has 0 amide bonds. The molecule has 222 valence electrons. The molecule has 0 heterocycles. The molecule has 2 aliphatic carbocycles. The minimum absolute atomic E-state index is 0. The fraction of sp³-hybridized carbons (Fsp3) is 0.583. The smallest absolute Gasteiger partial charge is 1.00 e. The van der Waals surface area contributed by atoms with E-state index in [1.165, 1.54) is 66.3 Å². The zero-order valence-electron chi connectivity index (χ0n) is 23.7. The van der Waals surface area contributed by atoms with E-state index in [1.807, 2.05) is 71.8 Å². The first-order chi connectivity index (χ1) is 16.4. The van der Waals surface area contributed by atoms with E-state index < -0.39 is 15.6 Å². The van der Waals surface area contributed by atoms with E-state index in [1.54, 1.807) is 0 Å². The van der Waals surface area contributed by atoms with Crippen LogP contribution in [0.1, 0.15) is 69.2 Å². The van der Waals surface area contributed by atoms with Crippen molar-refractivity contribution in [2.24, 2.45) is 0 Å². The fourth-order valence-electron chi connectivity index (χ4n) is 2.81. The SMILES string of the molecule is C[C]1[C](C)[C](C)[C](C)[C]1C.C[C]1[C](C)[C](C)[C](C)[C]1C.C[OH2+].C[Te].C[Te].O=S(=O)([O-])C(F)(F)F.[Cl][Ru].[Ru+]. The molecule has 0 bridgehead atoms. The summed E-state index contributed by atoms with van der Waals surface area (Å²) in [6.07, 6.45) is 0. The number of hydrogen-bond acceptors (Lipinski definition) is 3. The monoisotopic (exact) mass is 981 g/mol. The van der Waals surface area contributed by atoms with Crippen molar-refractivity contribution < 1.29 is 68.0 Å². The quantitative estimate of drug-likeness (QED) is 0.122. The molecule has 13 heteroatoms. The van der Waals surface area contributed by atoms with E-state index in [2.05, 4.69) is 78.9 Å². The second-order valence-electron chi connectivity index (χ2n) is 7.15. The van der Waals surface area contributed by atoms with Crippen LogP contribution in [0, 0.1) is 59.2 Å². The molecule has 2 rings (SSSR count). The summed E-state index contributed by atoms with van der Waals surface area (Å²) < 4.78 is 58.9. The van der Waals surface area contributed by atoms with Crippen molar-refractivity contribution in [3.8, 4) is 0 Å². The van der Waals surface area contributed by atoms with E-state index >= 15 is 0 Å². The van der Waals surface area contributed by atoms with Gasteiger partial charge in [-0.1, -0.05) is 69.2 Å². The maximum absolute atomic E-state index is 10.7. The van der Waals surface area contributed by atoms with Crippen LogP contribution in [0.5, 0.6) is 0 Å². The summed E-state index contributed by atoms with van der Waals surface area (Å²) >= 11 is 5.72. The van der Waals surface area contributed by atoms with Gasteiger partial charge in [-0.25, -0.2) is 8.42 Å². The largest absolute Gasteiger partial charge is 1.00 e. The fourth-order valence-corrected chi connectivity index (χ4v) is 2.81. The van der Waals surface area contributed by atoms with Crippen LogP contribution in [0.15, 0.2) is 0 Å². The molecule has 13 radical (unpaired) electrons. The molecular weight excluding hydrogens is 934 g/mol. The molecule has 2 saturated carbocycles. The Bertz CT molecular complexity index is 489. The Morgan fingerprint density at radius 1 is 0.595 bits per heavy atom. The molecule has 0 atom stereocenters. The summed E-state index contributed by atoms with van der Waals surface area (Å²) in [6.45, 7) is 22.0. The minimum atomic E-state index is -6.09. The molecule has 37 heavy (non-hydrogen) atoms. The average Bonchev–Trinajstić information content (AvgIpc) is 3.13. The molecule has 2 fully saturated rings. The van der Waals surface area contributed by atoms with Crippen molar-refractivity contribution >= 4 is 64.4 Å². The van der Waals surface area contributed by atoms with E-state index in [-0.39, 0.29) is 19.5 Å². The Kier molecular flexibility index (Phi) is 39.1. The second-order valence-corrected chi connectivity index (χ2v) is 8.52. The van der Waals surface area contributed by atoms with Gasteiger partial charge in [-0.2, -0.15) is 13.2 Å². The summed E-state index contributed by atoms with van der Waals surface area (Å²) in [5, 5.41) is 5.75. The normalized spacial score (nSPS) is 19.1. The second kappa shape index (κ2) is 27.6. The zero-order valence-corrected chi connectivity index (χ0v) is 33.4. The van der Waals surface area contributed by atoms with Crippen molar-refractivity contribution in [2.45, 2.75) is 84.7 Å². The van der Waals surface area contributed by atoms with Gasteiger partial charge in [0.05, 0.1) is 0 Å². The first kappa shape index (κ1) is 52.4. The van der Waals surface area contributed by atoms with E-state index in [0.717, 1.165) is 0 Å². The number of rotatable bonds is 0. The van der Waals surface area contributed by atoms with Crippen LogP contribution in [-0.2, 0) is 46.9 Å². The summed E-state index contributed by atoms with van der Waals surface area (Å²) in [4.78, 5) is 4.02. The van der Waals surface area contributed by atoms with Crippen LogP contribution >= 0.6 is 9.69 Å². The van der Waals surface area contributed by atoms with Crippen molar-refractivity contribution in [1.29, 1.82) is 0 Å². The topological polar surface area (TPSA) is 80.1 Å². The van der Waals surface area contributed by atoms with Crippen molar-refractivity contribution in [3.63, 3.8) is 0 Å². The molecule has 2 aliphatic rings. The Labute approximate surface area is 280 Å². The van der Waals surface area contributed by atoms with Crippen LogP contribution in [0.2, 0.25) is 9.94 Å². The van der Waals surface area contributed by atoms with Crippen LogP contribution in [0.25, 0.3) is 0 Å². The third kappa shape index (κ3) is 19.6. The van der Waals surface area contributed by atoms with Gasteiger partial charge in [0, 0.05) is 0 Å². The Hall–Kier alpha value is 2.78. The third-order valence-electron chi connectivity index (χ3n) is 5.91. The Morgan fingerprint density at radius 3 is 0.676 bits per heavy atom. The maximum Gasteiger partial charge on any atom is 1.00 e. The molecule has 0 aromatic rings. The Balaban J connectivity index is -0.0000000850. The van der Waals surface area contributed by atoms with Crippen molar-refractivity contribution in [1.82, 2.24) is 0 Å². The van der Waals surface area contributed by atoms with Gasteiger partial charge in [0.25, 0.3) is 0 Å². The van der Waals surface area contributed by atoms with Crippen LogP contribution in [0.3, 0.4) is 0 Å². The van der Waals surface area contributed by atoms with E-state index in [0.29, 0.717) is 0 Å². The van der Waals surface area contributed by atoms with Crippen LogP contribution in [-0.4, -0.2) is 75.3 Å². The van der Waals surface area contributed by atoms with Gasteiger partial charge in [-0.05, 0) is 59.2 Å². The van der Waals surface area contributed by atoms with Gasteiger partial charge < -0.3 is 9.66 Å². The third-order valence-corrected chi connectivity index (χ3v) is 6.48. The van der Waals surface area contributed by atoms with Crippen LogP contribution < -0.4 is 0 Å². The van der Waals surface area contributed by atoms with Gasteiger partial charge in [0.1, 0.15) is 7.11 Å². The van der Waals surface area contributed by atoms with E-state index in [4.69, 9.17) is 18.1 Å². The molecule has 0 aromatic carbocycles. The molecule has 0 unspecified atom stereocenters.